The van der Waals surface area contributed by atoms with E-state index in [2.05, 4.69) is 29.3 Å². The van der Waals surface area contributed by atoms with Crippen molar-refractivity contribution >= 4 is 5.69 Å². The van der Waals surface area contributed by atoms with Crippen molar-refractivity contribution in [2.45, 2.75) is 24.8 Å². The molecule has 1 heterocycles. The predicted molar refractivity (Wildman–Crippen MR) is 63.0 cm³/mol. The van der Waals surface area contributed by atoms with Crippen LogP contribution in [0.3, 0.4) is 0 Å². The minimum atomic E-state index is -0.433. The van der Waals surface area contributed by atoms with Crippen molar-refractivity contribution < 1.29 is 4.39 Å². The molecule has 16 heavy (non-hydrogen) atoms. The highest BCUT2D eigenvalue weighted by Gasteiger charge is 2.38. The Hall–Kier alpha value is -1.16. The molecule has 0 aromatic carbocycles. The van der Waals surface area contributed by atoms with Crippen LogP contribution < -0.4 is 5.32 Å². The Labute approximate surface area is 95.7 Å². The van der Waals surface area contributed by atoms with Crippen LogP contribution in [0.1, 0.15) is 19.3 Å². The lowest BCUT2D eigenvalue weighted by Crippen LogP contribution is -2.54. The second-order valence-corrected chi connectivity index (χ2v) is 4.69. The second-order valence-electron chi connectivity index (χ2n) is 4.69. The molecule has 3 nitrogen and oxygen atoms in total. The molecule has 0 spiro atoms. The molecule has 0 radical (unpaired) electrons. The van der Waals surface area contributed by atoms with Gasteiger partial charge in [0.25, 0.3) is 0 Å². The Morgan fingerprint density at radius 3 is 2.75 bits per heavy atom. The highest BCUT2D eigenvalue weighted by atomic mass is 19.1. The van der Waals surface area contributed by atoms with Gasteiger partial charge < -0.3 is 10.2 Å². The topological polar surface area (TPSA) is 28.2 Å². The van der Waals surface area contributed by atoms with Gasteiger partial charge in [-0.1, -0.05) is 0 Å². The zero-order valence-electron chi connectivity index (χ0n) is 9.83. The van der Waals surface area contributed by atoms with Crippen LogP contribution >= 0.6 is 0 Å². The zero-order valence-corrected chi connectivity index (χ0v) is 9.83. The van der Waals surface area contributed by atoms with Gasteiger partial charge in [0.15, 0.2) is 0 Å². The molecular formula is C12H18FN3. The van der Waals surface area contributed by atoms with E-state index in [1.54, 1.807) is 6.07 Å². The first kappa shape index (κ1) is 11.3. The summed E-state index contributed by atoms with van der Waals surface area (Å²) in [5.41, 5.74) is 1.06. The quantitative estimate of drug-likeness (QED) is 0.792. The van der Waals surface area contributed by atoms with Crippen molar-refractivity contribution in [3.05, 3.63) is 24.3 Å². The van der Waals surface area contributed by atoms with Gasteiger partial charge in [-0.3, -0.25) is 0 Å². The van der Waals surface area contributed by atoms with Gasteiger partial charge in [-0.05, 0) is 39.4 Å². The number of rotatable bonds is 4. The maximum absolute atomic E-state index is 12.9. The molecule has 1 aromatic heterocycles. The molecule has 1 aliphatic rings. The van der Waals surface area contributed by atoms with E-state index in [0.717, 1.165) is 12.2 Å². The monoisotopic (exact) mass is 223 g/mol. The maximum atomic E-state index is 12.9. The molecule has 0 bridgehead atoms. The highest BCUT2D eigenvalue weighted by Crippen LogP contribution is 2.36. The van der Waals surface area contributed by atoms with Crippen LogP contribution in [0, 0.1) is 5.95 Å². The van der Waals surface area contributed by atoms with E-state index in [0.29, 0.717) is 0 Å². The second kappa shape index (κ2) is 4.37. The minimum Gasteiger partial charge on any atom is -0.383 e. The van der Waals surface area contributed by atoms with Gasteiger partial charge >= 0.3 is 0 Å². The molecule has 88 valence electrons. The van der Waals surface area contributed by atoms with Crippen LogP contribution in [0.25, 0.3) is 0 Å². The Bertz CT molecular complexity index is 361. The first-order valence-electron chi connectivity index (χ1n) is 5.65. The Balaban J connectivity index is 1.96. The minimum absolute atomic E-state index is 0.250. The van der Waals surface area contributed by atoms with Crippen molar-refractivity contribution in [1.29, 1.82) is 0 Å². The van der Waals surface area contributed by atoms with Crippen LogP contribution in [0.2, 0.25) is 0 Å². The molecule has 0 saturated heterocycles. The third-order valence-electron chi connectivity index (χ3n) is 3.58. The first-order chi connectivity index (χ1) is 7.62. The Morgan fingerprint density at radius 1 is 1.50 bits per heavy atom. The average Bonchev–Trinajstić information content (AvgIpc) is 2.15. The summed E-state index contributed by atoms with van der Waals surface area (Å²) in [7, 11) is 4.21. The fourth-order valence-corrected chi connectivity index (χ4v) is 2.15. The van der Waals surface area contributed by atoms with Crippen molar-refractivity contribution in [2.24, 2.45) is 0 Å². The average molecular weight is 223 g/mol. The van der Waals surface area contributed by atoms with Crippen LogP contribution in [0.15, 0.2) is 18.3 Å². The lowest BCUT2D eigenvalue weighted by atomic mass is 9.75. The van der Waals surface area contributed by atoms with Crippen molar-refractivity contribution in [1.82, 2.24) is 9.88 Å². The van der Waals surface area contributed by atoms with Gasteiger partial charge in [0.1, 0.15) is 0 Å². The third-order valence-corrected chi connectivity index (χ3v) is 3.58. The van der Waals surface area contributed by atoms with Gasteiger partial charge in [-0.15, -0.1) is 0 Å². The number of nitrogens with one attached hydrogen (secondary N) is 1. The van der Waals surface area contributed by atoms with Crippen LogP contribution in [0.5, 0.6) is 0 Å². The molecule has 1 N–H and O–H groups in total. The first-order valence-corrected chi connectivity index (χ1v) is 5.65. The molecule has 1 saturated carbocycles. The molecule has 0 unspecified atom stereocenters. The van der Waals surface area contributed by atoms with Crippen LogP contribution in [-0.4, -0.2) is 36.1 Å². The van der Waals surface area contributed by atoms with Crippen LogP contribution in [-0.2, 0) is 0 Å². The van der Waals surface area contributed by atoms with Crippen LogP contribution in [0.4, 0.5) is 10.1 Å². The SMILES string of the molecule is CN(C)C1(CNc2ccnc(F)c2)CCC1. The van der Waals surface area contributed by atoms with Crippen molar-refractivity contribution in [3.8, 4) is 0 Å². The normalized spacial score (nSPS) is 18.2. The van der Waals surface area contributed by atoms with Gasteiger partial charge in [0, 0.05) is 30.0 Å². The third kappa shape index (κ3) is 2.16. The molecule has 0 amide bonds. The largest absolute Gasteiger partial charge is 0.383 e. The Morgan fingerprint density at radius 2 is 2.25 bits per heavy atom. The number of pyridine rings is 1. The summed E-state index contributed by atoms with van der Waals surface area (Å²) in [6.07, 6.45) is 5.19. The molecule has 2 rings (SSSR count). The van der Waals surface area contributed by atoms with E-state index in [1.807, 2.05) is 0 Å². The van der Waals surface area contributed by atoms with Crippen molar-refractivity contribution in [3.63, 3.8) is 0 Å². The number of halogens is 1. The van der Waals surface area contributed by atoms with Gasteiger partial charge in [-0.2, -0.15) is 4.39 Å². The number of likely N-dealkylation sites (N-methyl/N-ethyl adjacent to an activating group) is 1. The molecule has 0 aliphatic heterocycles. The summed E-state index contributed by atoms with van der Waals surface area (Å²) in [6, 6.07) is 3.23. The van der Waals surface area contributed by atoms with Crippen molar-refractivity contribution in [2.75, 3.05) is 26.0 Å². The summed E-state index contributed by atoms with van der Waals surface area (Å²) in [5.74, 6) is -0.433. The molecule has 0 atom stereocenters. The summed E-state index contributed by atoms with van der Waals surface area (Å²) >= 11 is 0. The Kier molecular flexibility index (Phi) is 3.10. The summed E-state index contributed by atoms with van der Waals surface area (Å²) < 4.78 is 12.9. The fraction of sp³-hybridized carbons (Fsp3) is 0.583. The number of aromatic nitrogens is 1. The van der Waals surface area contributed by atoms with E-state index in [4.69, 9.17) is 0 Å². The number of nitrogens with zero attached hydrogens (tertiary/aromatic N) is 2. The van der Waals surface area contributed by atoms with Gasteiger partial charge in [0.2, 0.25) is 5.95 Å². The van der Waals surface area contributed by atoms with E-state index >= 15 is 0 Å². The number of hydrogen-bond donors (Lipinski definition) is 1. The van der Waals surface area contributed by atoms with E-state index in [9.17, 15) is 4.39 Å². The van der Waals surface area contributed by atoms with E-state index in [1.165, 1.54) is 31.5 Å². The zero-order chi connectivity index (χ0) is 11.6. The molecule has 1 fully saturated rings. The lowest BCUT2D eigenvalue weighted by molar-refractivity contribution is 0.0739. The highest BCUT2D eigenvalue weighted by molar-refractivity contribution is 5.41. The molecule has 4 heteroatoms. The molecule has 1 aromatic rings. The maximum Gasteiger partial charge on any atom is 0.214 e. The summed E-state index contributed by atoms with van der Waals surface area (Å²) in [5, 5.41) is 3.29. The summed E-state index contributed by atoms with van der Waals surface area (Å²) in [6.45, 7) is 0.865. The van der Waals surface area contributed by atoms with E-state index in [-0.39, 0.29) is 5.54 Å². The standard InChI is InChI=1S/C12H18FN3/c1-16(2)12(5-3-6-12)9-15-10-4-7-14-11(13)8-10/h4,7-8H,3,5-6,9H2,1-2H3,(H,14,15). The number of anilines is 1. The van der Waals surface area contributed by atoms with Gasteiger partial charge in [0.05, 0.1) is 0 Å². The molecule has 1 aliphatic carbocycles. The smallest absolute Gasteiger partial charge is 0.214 e. The van der Waals surface area contributed by atoms with E-state index < -0.39 is 5.95 Å². The molecular weight excluding hydrogens is 205 g/mol. The fourth-order valence-electron chi connectivity index (χ4n) is 2.15. The number of hydrogen-bond acceptors (Lipinski definition) is 3. The van der Waals surface area contributed by atoms with Gasteiger partial charge in [-0.25, -0.2) is 4.98 Å². The lowest BCUT2D eigenvalue weighted by Gasteiger charge is -2.47. The predicted octanol–water partition coefficient (Wildman–Crippen LogP) is 2.12. The summed E-state index contributed by atoms with van der Waals surface area (Å²) in [4.78, 5) is 5.80.